The molecular formula is C21H22BrNO5. The summed E-state index contributed by atoms with van der Waals surface area (Å²) in [5, 5.41) is 10.3. The Labute approximate surface area is 172 Å². The van der Waals surface area contributed by atoms with Crippen molar-refractivity contribution in [1.29, 1.82) is 0 Å². The number of aliphatic hydroxyl groups excluding tert-OH is 1. The predicted molar refractivity (Wildman–Crippen MR) is 107 cm³/mol. The molecule has 0 saturated carbocycles. The highest BCUT2D eigenvalue weighted by Crippen LogP contribution is 2.36. The average molecular weight is 448 g/mol. The lowest BCUT2D eigenvalue weighted by Gasteiger charge is -2.35. The molecule has 1 fully saturated rings. The van der Waals surface area contributed by atoms with E-state index in [0.717, 1.165) is 15.6 Å². The van der Waals surface area contributed by atoms with Crippen LogP contribution in [0.1, 0.15) is 17.5 Å². The summed E-state index contributed by atoms with van der Waals surface area (Å²) in [5.41, 5.74) is 0.346. The molecule has 28 heavy (non-hydrogen) atoms. The second-order valence-electron chi connectivity index (χ2n) is 6.80. The summed E-state index contributed by atoms with van der Waals surface area (Å²) in [7, 11) is 1.28. The summed E-state index contributed by atoms with van der Waals surface area (Å²) in [6, 6.07) is 16.7. The predicted octanol–water partition coefficient (Wildman–Crippen LogP) is 3.31. The molecule has 6 nitrogen and oxygen atoms in total. The maximum atomic E-state index is 12.8. The highest BCUT2D eigenvalue weighted by molar-refractivity contribution is 9.10. The number of nitrogens with zero attached hydrogens (tertiary/aromatic N) is 1. The normalized spacial score (nSPS) is 21.4. The monoisotopic (exact) mass is 447 g/mol. The summed E-state index contributed by atoms with van der Waals surface area (Å²) in [6.45, 7) is 0.0890. The maximum absolute atomic E-state index is 12.8. The van der Waals surface area contributed by atoms with Gasteiger partial charge in [0.25, 0.3) is 0 Å². The number of halogens is 1. The van der Waals surface area contributed by atoms with Crippen molar-refractivity contribution >= 4 is 28.0 Å². The third-order valence-corrected chi connectivity index (χ3v) is 5.69. The zero-order valence-electron chi connectivity index (χ0n) is 15.5. The van der Waals surface area contributed by atoms with Gasteiger partial charge in [0.05, 0.1) is 19.8 Å². The fourth-order valence-corrected chi connectivity index (χ4v) is 4.00. The first-order valence-corrected chi connectivity index (χ1v) is 9.74. The molecule has 1 amide bonds. The van der Waals surface area contributed by atoms with Crippen molar-refractivity contribution in [2.45, 2.75) is 31.1 Å². The Hall–Kier alpha value is -2.38. The topological polar surface area (TPSA) is 76.1 Å². The SMILES string of the molecule is COC(=O)[C@@]1(Cc2ccccc2Br)C[C@@H](O)CN1C(=O)OCc1ccccc1. The van der Waals surface area contributed by atoms with Gasteiger partial charge in [-0.25, -0.2) is 9.59 Å². The summed E-state index contributed by atoms with van der Waals surface area (Å²) in [5.74, 6) is -0.573. The standard InChI is InChI=1S/C21H22BrNO5/c1-27-19(25)21(11-16-9-5-6-10-18(16)22)12-17(24)13-23(21)20(26)28-14-15-7-3-2-4-8-15/h2-10,17,24H,11-14H2,1H3/t17-,21-/m1/s1. The molecule has 1 saturated heterocycles. The molecule has 7 heteroatoms. The van der Waals surface area contributed by atoms with Crippen molar-refractivity contribution in [3.05, 3.63) is 70.2 Å². The molecular weight excluding hydrogens is 426 g/mol. The zero-order chi connectivity index (χ0) is 20.1. The molecule has 0 bridgehead atoms. The Bertz CT molecular complexity index is 844. The van der Waals surface area contributed by atoms with Gasteiger partial charge >= 0.3 is 12.1 Å². The molecule has 0 spiro atoms. The third-order valence-electron chi connectivity index (χ3n) is 4.91. The molecule has 3 rings (SSSR count). The number of methoxy groups -OCH3 is 1. The van der Waals surface area contributed by atoms with E-state index in [0.29, 0.717) is 0 Å². The van der Waals surface area contributed by atoms with Gasteiger partial charge in [0.2, 0.25) is 0 Å². The average Bonchev–Trinajstić information content (AvgIpc) is 3.05. The largest absolute Gasteiger partial charge is 0.467 e. The number of β-amino-alcohol motifs (C(OH)–C–C–N with tert-alkyl or cyclic N) is 1. The minimum atomic E-state index is -1.33. The Kier molecular flexibility index (Phi) is 6.36. The number of amides is 1. The maximum Gasteiger partial charge on any atom is 0.411 e. The number of likely N-dealkylation sites (tertiary alicyclic amines) is 1. The number of esters is 1. The number of rotatable bonds is 5. The van der Waals surface area contributed by atoms with Gasteiger partial charge in [0, 0.05) is 17.3 Å². The van der Waals surface area contributed by atoms with Gasteiger partial charge in [0.1, 0.15) is 6.61 Å². The van der Waals surface area contributed by atoms with E-state index in [4.69, 9.17) is 9.47 Å². The van der Waals surface area contributed by atoms with Crippen molar-refractivity contribution in [1.82, 2.24) is 4.90 Å². The van der Waals surface area contributed by atoms with Crippen LogP contribution in [0.2, 0.25) is 0 Å². The van der Waals surface area contributed by atoms with Gasteiger partial charge in [-0.2, -0.15) is 0 Å². The number of aliphatic hydroxyl groups is 1. The number of benzene rings is 2. The molecule has 0 unspecified atom stereocenters. The van der Waals surface area contributed by atoms with Gasteiger partial charge in [-0.05, 0) is 17.2 Å². The first kappa shape index (κ1) is 20.4. The van der Waals surface area contributed by atoms with Crippen molar-refractivity contribution in [2.24, 2.45) is 0 Å². The van der Waals surface area contributed by atoms with Crippen LogP contribution in [0.15, 0.2) is 59.1 Å². The molecule has 1 N–H and O–H groups in total. The van der Waals surface area contributed by atoms with E-state index >= 15 is 0 Å². The highest BCUT2D eigenvalue weighted by atomic mass is 79.9. The van der Waals surface area contributed by atoms with E-state index in [-0.39, 0.29) is 26.0 Å². The van der Waals surface area contributed by atoms with Crippen molar-refractivity contribution < 1.29 is 24.2 Å². The highest BCUT2D eigenvalue weighted by Gasteiger charge is 2.55. The van der Waals surface area contributed by atoms with Crippen molar-refractivity contribution in [2.75, 3.05) is 13.7 Å². The van der Waals surface area contributed by atoms with Crippen LogP contribution in [0.5, 0.6) is 0 Å². The molecule has 1 aliphatic heterocycles. The van der Waals surface area contributed by atoms with Crippen LogP contribution in [0.4, 0.5) is 4.79 Å². The van der Waals surface area contributed by atoms with Gasteiger partial charge in [-0.3, -0.25) is 4.90 Å². The number of carbonyl (C=O) groups excluding carboxylic acids is 2. The zero-order valence-corrected chi connectivity index (χ0v) is 17.1. The van der Waals surface area contributed by atoms with E-state index in [9.17, 15) is 14.7 Å². The molecule has 2 aromatic carbocycles. The molecule has 1 aliphatic rings. The van der Waals surface area contributed by atoms with E-state index in [1.807, 2.05) is 54.6 Å². The number of carbonyl (C=O) groups is 2. The van der Waals surface area contributed by atoms with E-state index < -0.39 is 23.7 Å². The molecule has 1 heterocycles. The lowest BCUT2D eigenvalue weighted by molar-refractivity contribution is -0.152. The summed E-state index contributed by atoms with van der Waals surface area (Å²) in [4.78, 5) is 26.9. The van der Waals surface area contributed by atoms with Crippen LogP contribution >= 0.6 is 15.9 Å². The molecule has 0 radical (unpaired) electrons. The minimum Gasteiger partial charge on any atom is -0.467 e. The molecule has 0 aliphatic carbocycles. The fourth-order valence-electron chi connectivity index (χ4n) is 3.58. The smallest absolute Gasteiger partial charge is 0.411 e. The lowest BCUT2D eigenvalue weighted by Crippen LogP contribution is -2.55. The summed E-state index contributed by atoms with van der Waals surface area (Å²) < 4.78 is 11.3. The van der Waals surface area contributed by atoms with Crippen LogP contribution < -0.4 is 0 Å². The second kappa shape index (κ2) is 8.75. The molecule has 2 aromatic rings. The Morgan fingerprint density at radius 3 is 2.54 bits per heavy atom. The minimum absolute atomic E-state index is 0.00712. The van der Waals surface area contributed by atoms with Gasteiger partial charge in [0.15, 0.2) is 5.54 Å². The van der Waals surface area contributed by atoms with Crippen LogP contribution in [0.25, 0.3) is 0 Å². The van der Waals surface area contributed by atoms with Gasteiger partial charge in [-0.1, -0.05) is 64.5 Å². The van der Waals surface area contributed by atoms with Crippen LogP contribution in [-0.2, 0) is 27.3 Å². The van der Waals surface area contributed by atoms with Crippen molar-refractivity contribution in [3.63, 3.8) is 0 Å². The first-order valence-electron chi connectivity index (χ1n) is 8.94. The third kappa shape index (κ3) is 4.20. The van der Waals surface area contributed by atoms with E-state index in [1.165, 1.54) is 12.0 Å². The molecule has 148 valence electrons. The quantitative estimate of drug-likeness (QED) is 0.711. The second-order valence-corrected chi connectivity index (χ2v) is 7.65. The molecule has 2 atom stereocenters. The summed E-state index contributed by atoms with van der Waals surface area (Å²) in [6.07, 6.45) is -1.20. The molecule has 0 aromatic heterocycles. The number of hydrogen-bond acceptors (Lipinski definition) is 5. The van der Waals surface area contributed by atoms with Gasteiger partial charge in [-0.15, -0.1) is 0 Å². The number of ether oxygens (including phenoxy) is 2. The number of hydrogen-bond donors (Lipinski definition) is 1. The Morgan fingerprint density at radius 1 is 1.18 bits per heavy atom. The van der Waals surface area contributed by atoms with E-state index in [1.54, 1.807) is 0 Å². The first-order chi connectivity index (χ1) is 13.5. The lowest BCUT2D eigenvalue weighted by atomic mass is 9.87. The van der Waals surface area contributed by atoms with Gasteiger partial charge < -0.3 is 14.6 Å². The van der Waals surface area contributed by atoms with E-state index in [2.05, 4.69) is 15.9 Å². The fraction of sp³-hybridized carbons (Fsp3) is 0.333. The van der Waals surface area contributed by atoms with Crippen LogP contribution in [0, 0.1) is 0 Å². The van der Waals surface area contributed by atoms with Crippen molar-refractivity contribution in [3.8, 4) is 0 Å². The Balaban J connectivity index is 1.87. The van der Waals surface area contributed by atoms with Crippen LogP contribution in [0.3, 0.4) is 0 Å². The van der Waals surface area contributed by atoms with Crippen LogP contribution in [-0.4, -0.2) is 47.4 Å². The summed E-state index contributed by atoms with van der Waals surface area (Å²) >= 11 is 3.48. The Morgan fingerprint density at radius 2 is 1.86 bits per heavy atom.